The van der Waals surface area contributed by atoms with E-state index >= 15 is 0 Å². The van der Waals surface area contributed by atoms with E-state index in [1.807, 2.05) is 73.7 Å². The van der Waals surface area contributed by atoms with E-state index in [4.69, 9.17) is 16.1 Å². The van der Waals surface area contributed by atoms with Gasteiger partial charge in [0.25, 0.3) is 5.89 Å². The quantitative estimate of drug-likeness (QED) is 0.368. The number of halogens is 1. The zero-order chi connectivity index (χ0) is 23.5. The van der Waals surface area contributed by atoms with Gasteiger partial charge in [0, 0.05) is 22.8 Å². The Bertz CT molecular complexity index is 1340. The molecule has 1 aliphatic heterocycles. The number of nitrogens with one attached hydrogen (secondary N) is 1. The maximum Gasteiger partial charge on any atom is 0.322 e. The third kappa shape index (κ3) is 4.45. The average Bonchev–Trinajstić information content (AvgIpc) is 3.34. The maximum atomic E-state index is 13.2. The summed E-state index contributed by atoms with van der Waals surface area (Å²) in [6, 6.07) is 26.5. The summed E-state index contributed by atoms with van der Waals surface area (Å²) in [4.78, 5) is 19.6. The summed E-state index contributed by atoms with van der Waals surface area (Å²) in [5.41, 5.74) is 4.39. The largest absolute Gasteiger partial charge is 0.334 e. The molecule has 4 aromatic rings. The SMILES string of the molecule is CC1=C(c2nc(-c3ccccc3)no2)C(c2cccc(Cl)c2)NC(=O)N1CCc1ccccc1. The first-order valence-electron chi connectivity index (χ1n) is 11.1. The number of amides is 2. The summed E-state index contributed by atoms with van der Waals surface area (Å²) >= 11 is 6.27. The van der Waals surface area contributed by atoms with E-state index in [-0.39, 0.29) is 6.03 Å². The molecule has 0 saturated carbocycles. The maximum absolute atomic E-state index is 13.2. The van der Waals surface area contributed by atoms with Gasteiger partial charge in [0.15, 0.2) is 0 Å². The molecule has 0 bridgehead atoms. The smallest absolute Gasteiger partial charge is 0.322 e. The minimum atomic E-state index is -0.469. The van der Waals surface area contributed by atoms with Crippen LogP contribution in [0.25, 0.3) is 17.0 Å². The monoisotopic (exact) mass is 470 g/mol. The molecular formula is C27H23ClN4O2. The highest BCUT2D eigenvalue weighted by Crippen LogP contribution is 2.38. The Morgan fingerprint density at radius 1 is 1.00 bits per heavy atom. The molecule has 2 amide bonds. The minimum Gasteiger partial charge on any atom is -0.334 e. The molecular weight excluding hydrogens is 448 g/mol. The second kappa shape index (κ2) is 9.53. The van der Waals surface area contributed by atoms with Crippen molar-refractivity contribution in [1.82, 2.24) is 20.4 Å². The third-order valence-corrected chi connectivity index (χ3v) is 6.17. The van der Waals surface area contributed by atoms with Gasteiger partial charge in [-0.3, -0.25) is 4.90 Å². The number of carbonyl (C=O) groups excluding carboxylic acids is 1. The zero-order valence-electron chi connectivity index (χ0n) is 18.6. The van der Waals surface area contributed by atoms with E-state index in [1.165, 1.54) is 0 Å². The fourth-order valence-corrected chi connectivity index (χ4v) is 4.39. The number of allylic oxidation sites excluding steroid dienone is 1. The predicted octanol–water partition coefficient (Wildman–Crippen LogP) is 6.13. The number of hydrogen-bond donors (Lipinski definition) is 1. The molecule has 170 valence electrons. The summed E-state index contributed by atoms with van der Waals surface area (Å²) in [7, 11) is 0. The first kappa shape index (κ1) is 21.9. The van der Waals surface area contributed by atoms with Gasteiger partial charge in [-0.05, 0) is 36.6 Å². The van der Waals surface area contributed by atoms with Gasteiger partial charge >= 0.3 is 6.03 Å². The lowest BCUT2D eigenvalue weighted by molar-refractivity contribution is 0.205. The van der Waals surface area contributed by atoms with Crippen molar-refractivity contribution in [2.75, 3.05) is 6.54 Å². The lowest BCUT2D eigenvalue weighted by Crippen LogP contribution is -2.46. The molecule has 0 fully saturated rings. The number of rotatable bonds is 6. The highest BCUT2D eigenvalue weighted by molar-refractivity contribution is 6.30. The van der Waals surface area contributed by atoms with Crippen molar-refractivity contribution in [3.05, 3.63) is 113 Å². The molecule has 1 aliphatic rings. The Morgan fingerprint density at radius 2 is 1.74 bits per heavy atom. The van der Waals surface area contributed by atoms with Crippen LogP contribution in [0.4, 0.5) is 4.79 Å². The van der Waals surface area contributed by atoms with Gasteiger partial charge in [-0.25, -0.2) is 4.79 Å². The van der Waals surface area contributed by atoms with Crippen LogP contribution in [-0.4, -0.2) is 27.6 Å². The Morgan fingerprint density at radius 3 is 2.47 bits per heavy atom. The molecule has 0 radical (unpaired) electrons. The number of nitrogens with zero attached hydrogens (tertiary/aromatic N) is 3. The number of aromatic nitrogens is 2. The van der Waals surface area contributed by atoms with Crippen LogP contribution in [0, 0.1) is 0 Å². The molecule has 1 atom stereocenters. The summed E-state index contributed by atoms with van der Waals surface area (Å²) in [6.07, 6.45) is 0.722. The molecule has 6 nitrogen and oxygen atoms in total. The van der Waals surface area contributed by atoms with Crippen molar-refractivity contribution in [2.45, 2.75) is 19.4 Å². The Kier molecular flexibility index (Phi) is 6.14. The van der Waals surface area contributed by atoms with Gasteiger partial charge in [0.2, 0.25) is 5.82 Å². The molecule has 0 aliphatic carbocycles. The van der Waals surface area contributed by atoms with Crippen LogP contribution in [0.5, 0.6) is 0 Å². The Balaban J connectivity index is 1.55. The molecule has 1 aromatic heterocycles. The van der Waals surface area contributed by atoms with Crippen molar-refractivity contribution in [3.63, 3.8) is 0 Å². The van der Waals surface area contributed by atoms with Gasteiger partial charge < -0.3 is 9.84 Å². The number of urea groups is 1. The van der Waals surface area contributed by atoms with Crippen LogP contribution >= 0.6 is 11.6 Å². The van der Waals surface area contributed by atoms with Crippen molar-refractivity contribution >= 4 is 23.2 Å². The second-order valence-corrected chi connectivity index (χ2v) is 8.55. The van der Waals surface area contributed by atoms with Crippen molar-refractivity contribution in [1.29, 1.82) is 0 Å². The Hall–Kier alpha value is -3.90. The molecule has 2 heterocycles. The molecule has 34 heavy (non-hydrogen) atoms. The van der Waals surface area contributed by atoms with Gasteiger partial charge in [0.05, 0.1) is 11.6 Å². The van der Waals surface area contributed by atoms with Crippen molar-refractivity contribution in [2.24, 2.45) is 0 Å². The molecule has 0 spiro atoms. The van der Waals surface area contributed by atoms with Crippen LogP contribution < -0.4 is 5.32 Å². The van der Waals surface area contributed by atoms with E-state index in [2.05, 4.69) is 27.6 Å². The van der Waals surface area contributed by atoms with Crippen LogP contribution in [-0.2, 0) is 6.42 Å². The molecule has 3 aromatic carbocycles. The molecule has 0 saturated heterocycles. The predicted molar refractivity (Wildman–Crippen MR) is 132 cm³/mol. The number of carbonyl (C=O) groups is 1. The highest BCUT2D eigenvalue weighted by atomic mass is 35.5. The van der Waals surface area contributed by atoms with Crippen molar-refractivity contribution < 1.29 is 9.32 Å². The fraction of sp³-hybridized carbons (Fsp3) is 0.148. The summed E-state index contributed by atoms with van der Waals surface area (Å²) in [5, 5.41) is 7.91. The summed E-state index contributed by atoms with van der Waals surface area (Å²) in [5.74, 6) is 0.861. The molecule has 1 unspecified atom stereocenters. The highest BCUT2D eigenvalue weighted by Gasteiger charge is 2.35. The zero-order valence-corrected chi connectivity index (χ0v) is 19.4. The van der Waals surface area contributed by atoms with Crippen LogP contribution in [0.1, 0.15) is 30.0 Å². The average molecular weight is 471 g/mol. The van der Waals surface area contributed by atoms with Gasteiger partial charge in [0.1, 0.15) is 0 Å². The number of hydrogen-bond acceptors (Lipinski definition) is 4. The first-order chi connectivity index (χ1) is 16.6. The topological polar surface area (TPSA) is 71.3 Å². The normalized spacial score (nSPS) is 16.0. The molecule has 5 rings (SSSR count). The summed E-state index contributed by atoms with van der Waals surface area (Å²) < 4.78 is 5.73. The second-order valence-electron chi connectivity index (χ2n) is 8.11. The van der Waals surface area contributed by atoms with Crippen LogP contribution in [0.2, 0.25) is 5.02 Å². The number of benzene rings is 3. The van der Waals surface area contributed by atoms with E-state index in [0.29, 0.717) is 23.3 Å². The van der Waals surface area contributed by atoms with Gasteiger partial charge in [-0.1, -0.05) is 89.6 Å². The van der Waals surface area contributed by atoms with E-state index in [1.54, 1.807) is 11.0 Å². The lowest BCUT2D eigenvalue weighted by atomic mass is 9.94. The van der Waals surface area contributed by atoms with Gasteiger partial charge in [-0.15, -0.1) is 0 Å². The standard InChI is InChI=1S/C27H23ClN4O2/c1-18-23(26-30-25(31-34-26)20-11-6-3-7-12-20)24(21-13-8-14-22(28)17-21)29-27(33)32(18)16-15-19-9-4-2-5-10-19/h2-14,17,24H,15-16H2,1H3,(H,29,33). The first-order valence-corrected chi connectivity index (χ1v) is 11.5. The van der Waals surface area contributed by atoms with Gasteiger partial charge in [-0.2, -0.15) is 4.98 Å². The summed E-state index contributed by atoms with van der Waals surface area (Å²) in [6.45, 7) is 2.44. The Labute approximate surface area is 202 Å². The lowest BCUT2D eigenvalue weighted by Gasteiger charge is -2.35. The molecule has 1 N–H and O–H groups in total. The molecule has 7 heteroatoms. The van der Waals surface area contributed by atoms with E-state index in [9.17, 15) is 4.79 Å². The van der Waals surface area contributed by atoms with E-state index < -0.39 is 6.04 Å². The fourth-order valence-electron chi connectivity index (χ4n) is 4.19. The minimum absolute atomic E-state index is 0.176. The van der Waals surface area contributed by atoms with Crippen LogP contribution in [0.3, 0.4) is 0 Å². The van der Waals surface area contributed by atoms with E-state index in [0.717, 1.165) is 34.4 Å². The third-order valence-electron chi connectivity index (χ3n) is 5.93. The van der Waals surface area contributed by atoms with Crippen LogP contribution in [0.15, 0.2) is 95.1 Å². The van der Waals surface area contributed by atoms with Crippen molar-refractivity contribution in [3.8, 4) is 11.4 Å².